The quantitative estimate of drug-likeness (QED) is 0.614. The van der Waals surface area contributed by atoms with Crippen LogP contribution in [0.5, 0.6) is 0 Å². The highest BCUT2D eigenvalue weighted by atomic mass is 16.6. The summed E-state index contributed by atoms with van der Waals surface area (Å²) >= 11 is 0. The zero-order chi connectivity index (χ0) is 14.1. The highest BCUT2D eigenvalue weighted by molar-refractivity contribution is 6.00. The number of fused-ring (bicyclic) bond motifs is 1. The van der Waals surface area contributed by atoms with Crippen molar-refractivity contribution in [3.8, 4) is 0 Å². The summed E-state index contributed by atoms with van der Waals surface area (Å²) in [5.74, 6) is 0.762. The molecule has 20 heavy (non-hydrogen) atoms. The molecule has 0 radical (unpaired) electrons. The second-order valence-electron chi connectivity index (χ2n) is 5.47. The molecule has 2 heterocycles. The minimum atomic E-state index is -0.428. The van der Waals surface area contributed by atoms with Gasteiger partial charge in [0.1, 0.15) is 12.3 Å². The van der Waals surface area contributed by atoms with E-state index >= 15 is 0 Å². The molecule has 1 aliphatic heterocycles. The molecule has 108 valence electrons. The number of rotatable bonds is 2. The normalized spacial score (nSPS) is 26.1. The Labute approximate surface area is 116 Å². The number of nitro groups is 1. The summed E-state index contributed by atoms with van der Waals surface area (Å²) in [6.45, 7) is 0. The van der Waals surface area contributed by atoms with Gasteiger partial charge >= 0.3 is 5.82 Å². The van der Waals surface area contributed by atoms with Crippen molar-refractivity contribution in [2.75, 3.05) is 0 Å². The Morgan fingerprint density at radius 2 is 2.10 bits per heavy atom. The fraction of sp³-hybridized carbons (Fsp3) is 0.692. The Bertz CT molecular complexity index is 552. The maximum atomic E-state index is 10.9. The van der Waals surface area contributed by atoms with Crippen LogP contribution in [-0.4, -0.2) is 26.3 Å². The van der Waals surface area contributed by atoms with E-state index in [0.717, 1.165) is 31.4 Å². The monoisotopic (exact) mass is 278 g/mol. The van der Waals surface area contributed by atoms with Gasteiger partial charge in [-0.1, -0.05) is 24.4 Å². The molecule has 1 aromatic heterocycles. The topological polar surface area (TPSA) is 82.5 Å². The summed E-state index contributed by atoms with van der Waals surface area (Å²) in [7, 11) is 1.65. The number of oxime groups is 1. The van der Waals surface area contributed by atoms with Crippen LogP contribution in [0.1, 0.15) is 44.3 Å². The number of hydrogen-bond acceptors (Lipinski definition) is 5. The average molecular weight is 278 g/mol. The lowest BCUT2D eigenvalue weighted by molar-refractivity contribution is -0.391. The zero-order valence-electron chi connectivity index (χ0n) is 11.5. The molecule has 0 unspecified atom stereocenters. The van der Waals surface area contributed by atoms with Crippen molar-refractivity contribution < 1.29 is 9.76 Å². The highest BCUT2D eigenvalue weighted by Gasteiger charge is 2.39. The van der Waals surface area contributed by atoms with Crippen LogP contribution in [0.25, 0.3) is 0 Å². The predicted octanol–water partition coefficient (Wildman–Crippen LogP) is 2.40. The molecule has 0 saturated heterocycles. The lowest BCUT2D eigenvalue weighted by Gasteiger charge is -2.20. The van der Waals surface area contributed by atoms with Crippen molar-refractivity contribution >= 4 is 11.5 Å². The van der Waals surface area contributed by atoms with Gasteiger partial charge in [0, 0.05) is 0 Å². The molecule has 7 nitrogen and oxygen atoms in total. The Morgan fingerprint density at radius 1 is 1.35 bits per heavy atom. The smallest absolute Gasteiger partial charge is 0.342 e. The van der Waals surface area contributed by atoms with Crippen molar-refractivity contribution in [2.24, 2.45) is 18.1 Å². The van der Waals surface area contributed by atoms with Crippen LogP contribution in [-0.2, 0) is 11.9 Å². The van der Waals surface area contributed by atoms with Crippen LogP contribution in [0.15, 0.2) is 11.4 Å². The fourth-order valence-electron chi connectivity index (χ4n) is 3.10. The lowest BCUT2D eigenvalue weighted by atomic mass is 9.85. The molecule has 1 saturated carbocycles. The molecule has 7 heteroatoms. The molecule has 0 aromatic carbocycles. The van der Waals surface area contributed by atoms with E-state index in [2.05, 4.69) is 10.1 Å². The molecular formula is C13H18N4O3. The van der Waals surface area contributed by atoms with Crippen molar-refractivity contribution in [1.29, 1.82) is 0 Å². The van der Waals surface area contributed by atoms with Crippen LogP contribution in [0, 0.1) is 16.0 Å². The summed E-state index contributed by atoms with van der Waals surface area (Å²) in [5, 5.41) is 15.1. The first kappa shape index (κ1) is 13.1. The minimum absolute atomic E-state index is 0.0167. The summed E-state index contributed by atoms with van der Waals surface area (Å²) in [6.07, 6.45) is 8.21. The minimum Gasteiger partial charge on any atom is -0.391 e. The fourth-order valence-corrected chi connectivity index (χ4v) is 3.10. The third kappa shape index (κ3) is 2.17. The van der Waals surface area contributed by atoms with Crippen molar-refractivity contribution in [1.82, 2.24) is 9.55 Å². The van der Waals surface area contributed by atoms with Crippen LogP contribution in [0.4, 0.5) is 5.82 Å². The number of nitrogens with zero attached hydrogens (tertiary/aromatic N) is 4. The molecule has 1 aromatic rings. The molecule has 1 aliphatic carbocycles. The average Bonchev–Trinajstić information content (AvgIpc) is 2.92. The van der Waals surface area contributed by atoms with E-state index in [1.807, 2.05) is 0 Å². The first-order valence-corrected chi connectivity index (χ1v) is 7.08. The maximum absolute atomic E-state index is 10.9. The Hall–Kier alpha value is -1.92. The molecule has 0 amide bonds. The maximum Gasteiger partial charge on any atom is 0.342 e. The van der Waals surface area contributed by atoms with Crippen LogP contribution >= 0.6 is 0 Å². The van der Waals surface area contributed by atoms with Crippen molar-refractivity contribution in [2.45, 2.75) is 44.6 Å². The molecule has 2 aliphatic rings. The van der Waals surface area contributed by atoms with Crippen molar-refractivity contribution in [3.63, 3.8) is 0 Å². The molecule has 2 atom stereocenters. The molecule has 1 fully saturated rings. The van der Waals surface area contributed by atoms with Gasteiger partial charge in [0.05, 0.1) is 13.0 Å². The summed E-state index contributed by atoms with van der Waals surface area (Å²) in [6, 6.07) is 0. The third-order valence-electron chi connectivity index (χ3n) is 4.22. The molecule has 0 spiro atoms. The highest BCUT2D eigenvalue weighted by Crippen LogP contribution is 2.33. The van der Waals surface area contributed by atoms with Crippen LogP contribution in [0.2, 0.25) is 0 Å². The van der Waals surface area contributed by atoms with E-state index in [-0.39, 0.29) is 17.8 Å². The van der Waals surface area contributed by atoms with E-state index in [1.54, 1.807) is 7.05 Å². The van der Waals surface area contributed by atoms with Gasteiger partial charge in [-0.15, -0.1) is 0 Å². The van der Waals surface area contributed by atoms with Crippen LogP contribution in [0.3, 0.4) is 0 Å². The van der Waals surface area contributed by atoms with Gasteiger partial charge in [0.15, 0.2) is 5.71 Å². The Kier molecular flexibility index (Phi) is 3.42. The van der Waals surface area contributed by atoms with E-state index in [1.165, 1.54) is 23.6 Å². The largest absolute Gasteiger partial charge is 0.391 e. The second kappa shape index (κ2) is 5.22. The molecule has 3 rings (SSSR count). The van der Waals surface area contributed by atoms with Crippen LogP contribution < -0.4 is 0 Å². The molecular weight excluding hydrogens is 260 g/mol. The standard InChI is InChI=1S/C13H18N4O3/c1-16-11(17(18)19)8-14-13(16)12-9-6-4-2-3-5-7-10(9)20-15-12/h8-10H,2-7H2,1H3/t9-,10-/m0/s1. The second-order valence-corrected chi connectivity index (χ2v) is 5.47. The summed E-state index contributed by atoms with van der Waals surface area (Å²) < 4.78 is 1.49. The predicted molar refractivity (Wildman–Crippen MR) is 72.5 cm³/mol. The van der Waals surface area contributed by atoms with Gasteiger partial charge in [-0.3, -0.25) is 0 Å². The number of aromatic nitrogens is 2. The SMILES string of the molecule is Cn1c([N+](=O)[O-])cnc1C1=NO[C@H]2CCCCCC[C@H]12. The lowest BCUT2D eigenvalue weighted by Crippen LogP contribution is -2.27. The Morgan fingerprint density at radius 3 is 2.80 bits per heavy atom. The molecule has 0 bridgehead atoms. The number of imidazole rings is 1. The summed E-state index contributed by atoms with van der Waals surface area (Å²) in [5.41, 5.74) is 0.771. The van der Waals surface area contributed by atoms with Gasteiger partial charge in [0.2, 0.25) is 5.82 Å². The number of hydrogen-bond donors (Lipinski definition) is 0. The van der Waals surface area contributed by atoms with E-state index < -0.39 is 4.92 Å². The van der Waals surface area contributed by atoms with Gasteiger partial charge < -0.3 is 15.0 Å². The van der Waals surface area contributed by atoms with Gasteiger partial charge in [-0.05, 0) is 24.2 Å². The summed E-state index contributed by atoms with van der Waals surface area (Å²) in [4.78, 5) is 20.2. The molecule has 0 N–H and O–H groups in total. The van der Waals surface area contributed by atoms with E-state index in [4.69, 9.17) is 4.84 Å². The van der Waals surface area contributed by atoms with E-state index in [0.29, 0.717) is 5.82 Å². The van der Waals surface area contributed by atoms with Gasteiger partial charge in [-0.25, -0.2) is 9.55 Å². The first-order chi connectivity index (χ1) is 9.68. The zero-order valence-corrected chi connectivity index (χ0v) is 11.5. The van der Waals surface area contributed by atoms with Gasteiger partial charge in [-0.2, -0.15) is 0 Å². The first-order valence-electron chi connectivity index (χ1n) is 7.08. The third-order valence-corrected chi connectivity index (χ3v) is 4.22. The van der Waals surface area contributed by atoms with Crippen molar-refractivity contribution in [3.05, 3.63) is 22.1 Å². The van der Waals surface area contributed by atoms with Gasteiger partial charge in [0.25, 0.3) is 0 Å². The van der Waals surface area contributed by atoms with E-state index in [9.17, 15) is 10.1 Å². The Balaban J connectivity index is 1.88.